The van der Waals surface area contributed by atoms with Gasteiger partial charge in [0.05, 0.1) is 22.6 Å². The minimum atomic E-state index is -0.0498. The van der Waals surface area contributed by atoms with Gasteiger partial charge in [0.1, 0.15) is 0 Å². The van der Waals surface area contributed by atoms with Crippen LogP contribution in [0.25, 0.3) is 100 Å². The molecule has 0 spiro atoms. The molecule has 0 radical (unpaired) electrons. The summed E-state index contributed by atoms with van der Waals surface area (Å²) in [4.78, 5) is 15.8. The lowest BCUT2D eigenvalue weighted by atomic mass is 9.81. The van der Waals surface area contributed by atoms with Crippen molar-refractivity contribution >= 4 is 21.7 Å². The van der Waals surface area contributed by atoms with Gasteiger partial charge in [-0.25, -0.2) is 15.0 Å². The third-order valence-corrected chi connectivity index (χ3v) is 12.1. The Hall–Kier alpha value is -7.49. The lowest BCUT2D eigenvalue weighted by Crippen LogP contribution is -2.14. The van der Waals surface area contributed by atoms with Crippen LogP contribution in [0.3, 0.4) is 0 Å². The minimum Gasteiger partial charge on any atom is -0.247 e. The van der Waals surface area contributed by atoms with Gasteiger partial charge < -0.3 is 0 Å². The fourth-order valence-corrected chi connectivity index (χ4v) is 9.07. The molecular weight excluding hydrogens is 715 g/mol. The molecule has 8 aromatic carbocycles. The molecular formula is C56H39N3. The summed E-state index contributed by atoms with van der Waals surface area (Å²) in [5, 5.41) is 3.43. The Labute approximate surface area is 344 Å². The van der Waals surface area contributed by atoms with E-state index in [0.29, 0.717) is 5.82 Å². The quantitative estimate of drug-likeness (QED) is 0.159. The van der Waals surface area contributed by atoms with Crippen molar-refractivity contribution < 1.29 is 0 Å². The van der Waals surface area contributed by atoms with Crippen molar-refractivity contribution in [3.05, 3.63) is 211 Å². The van der Waals surface area contributed by atoms with Crippen LogP contribution in [0.15, 0.2) is 200 Å². The molecule has 2 aromatic heterocycles. The molecule has 0 saturated heterocycles. The van der Waals surface area contributed by atoms with Crippen molar-refractivity contribution in [1.29, 1.82) is 0 Å². The topological polar surface area (TPSA) is 38.7 Å². The summed E-state index contributed by atoms with van der Waals surface area (Å²) in [6.07, 6.45) is 0. The third-order valence-electron chi connectivity index (χ3n) is 12.1. The van der Waals surface area contributed by atoms with Gasteiger partial charge in [0.25, 0.3) is 0 Å². The third kappa shape index (κ3) is 5.94. The minimum absolute atomic E-state index is 0.0498. The smallest absolute Gasteiger partial charge is 0.160 e. The number of rotatable bonds is 6. The van der Waals surface area contributed by atoms with E-state index in [-0.39, 0.29) is 5.41 Å². The molecule has 0 amide bonds. The van der Waals surface area contributed by atoms with Crippen LogP contribution in [0.1, 0.15) is 25.0 Å². The Balaban J connectivity index is 1.04. The van der Waals surface area contributed by atoms with E-state index < -0.39 is 0 Å². The van der Waals surface area contributed by atoms with Crippen LogP contribution in [0.2, 0.25) is 0 Å². The molecule has 0 saturated carbocycles. The summed E-state index contributed by atoms with van der Waals surface area (Å²) in [6.45, 7) is 4.67. The molecule has 0 bridgehead atoms. The molecule has 0 N–H and O–H groups in total. The van der Waals surface area contributed by atoms with Crippen LogP contribution in [0, 0.1) is 0 Å². The molecule has 59 heavy (non-hydrogen) atoms. The molecule has 10 aromatic rings. The molecule has 0 aliphatic heterocycles. The lowest BCUT2D eigenvalue weighted by Gasteiger charge is -2.22. The first-order chi connectivity index (χ1) is 29.0. The van der Waals surface area contributed by atoms with Gasteiger partial charge in [-0.3, -0.25) is 0 Å². The lowest BCUT2D eigenvalue weighted by molar-refractivity contribution is 0.660. The SMILES string of the molecule is CC1(C)c2ccccc2-c2ccc(-c3ccc(-c4cc(-c5ccc6c(c5)nc(-c5ccccc5)c5cccc(-c7ccccc7)c56)nc(-c5ccccc5)n4)cc3)cc21. The Morgan fingerprint density at radius 1 is 0.339 bits per heavy atom. The standard InChI is InChI=1S/C56H39N3/c1-56(2)48-24-13-12-21-44(48)45-31-29-41(33-49(45)56)36-25-27-38(28-26-36)50-35-51(59-55(58-50)40-19-10-5-11-20-40)42-30-32-46-52(34-42)57-54(39-17-8-4-9-18-39)47-23-14-22-43(53(46)47)37-15-6-3-7-16-37/h3-35H,1-2H3. The highest BCUT2D eigenvalue weighted by atomic mass is 14.9. The molecule has 3 heteroatoms. The molecule has 11 rings (SSSR count). The second kappa shape index (κ2) is 13.9. The number of aromatic nitrogens is 3. The van der Waals surface area contributed by atoms with Gasteiger partial charge in [0.15, 0.2) is 5.82 Å². The van der Waals surface area contributed by atoms with E-state index in [1.54, 1.807) is 0 Å². The number of nitrogens with zero attached hydrogens (tertiary/aromatic N) is 3. The van der Waals surface area contributed by atoms with Crippen molar-refractivity contribution in [2.45, 2.75) is 19.3 Å². The summed E-state index contributed by atoms with van der Waals surface area (Å²) in [6, 6.07) is 71.2. The predicted octanol–water partition coefficient (Wildman–Crippen LogP) is 14.5. The maximum absolute atomic E-state index is 5.39. The molecule has 0 fully saturated rings. The van der Waals surface area contributed by atoms with E-state index in [0.717, 1.165) is 55.6 Å². The number of fused-ring (bicyclic) bond motifs is 6. The first-order valence-corrected chi connectivity index (χ1v) is 20.3. The monoisotopic (exact) mass is 753 g/mol. The van der Waals surface area contributed by atoms with E-state index in [4.69, 9.17) is 15.0 Å². The number of hydrogen-bond donors (Lipinski definition) is 0. The van der Waals surface area contributed by atoms with Crippen LogP contribution in [-0.4, -0.2) is 15.0 Å². The average molecular weight is 754 g/mol. The van der Waals surface area contributed by atoms with Crippen molar-refractivity contribution in [3.8, 4) is 78.5 Å². The first kappa shape index (κ1) is 34.7. The van der Waals surface area contributed by atoms with Gasteiger partial charge >= 0.3 is 0 Å². The van der Waals surface area contributed by atoms with Crippen molar-refractivity contribution in [2.75, 3.05) is 0 Å². The zero-order chi connectivity index (χ0) is 39.5. The molecule has 3 nitrogen and oxygen atoms in total. The molecule has 2 heterocycles. The summed E-state index contributed by atoms with van der Waals surface area (Å²) in [5.41, 5.74) is 17.8. The Morgan fingerprint density at radius 2 is 0.915 bits per heavy atom. The summed E-state index contributed by atoms with van der Waals surface area (Å²) in [5.74, 6) is 0.686. The van der Waals surface area contributed by atoms with Crippen molar-refractivity contribution in [2.24, 2.45) is 0 Å². The van der Waals surface area contributed by atoms with Crippen LogP contribution in [-0.2, 0) is 5.41 Å². The zero-order valence-electron chi connectivity index (χ0n) is 32.9. The zero-order valence-corrected chi connectivity index (χ0v) is 32.9. The van der Waals surface area contributed by atoms with Gasteiger partial charge in [-0.05, 0) is 62.7 Å². The van der Waals surface area contributed by atoms with Gasteiger partial charge in [-0.2, -0.15) is 0 Å². The Morgan fingerprint density at radius 3 is 1.66 bits per heavy atom. The molecule has 0 atom stereocenters. The maximum atomic E-state index is 5.39. The largest absolute Gasteiger partial charge is 0.247 e. The summed E-state index contributed by atoms with van der Waals surface area (Å²) in [7, 11) is 0. The van der Waals surface area contributed by atoms with E-state index in [1.165, 1.54) is 49.9 Å². The Kier molecular flexibility index (Phi) is 8.16. The van der Waals surface area contributed by atoms with Gasteiger partial charge in [0, 0.05) is 43.8 Å². The Bertz CT molecular complexity index is 3210. The van der Waals surface area contributed by atoms with Crippen LogP contribution in [0.4, 0.5) is 0 Å². The van der Waals surface area contributed by atoms with Crippen molar-refractivity contribution in [1.82, 2.24) is 15.0 Å². The summed E-state index contributed by atoms with van der Waals surface area (Å²) < 4.78 is 0. The highest BCUT2D eigenvalue weighted by molar-refractivity contribution is 6.17. The molecule has 0 unspecified atom stereocenters. The van der Waals surface area contributed by atoms with E-state index >= 15 is 0 Å². The number of benzene rings is 8. The highest BCUT2D eigenvalue weighted by Crippen LogP contribution is 2.49. The second-order valence-electron chi connectivity index (χ2n) is 16.0. The molecule has 278 valence electrons. The average Bonchev–Trinajstić information content (AvgIpc) is 3.54. The highest BCUT2D eigenvalue weighted by Gasteiger charge is 2.35. The molecule has 1 aliphatic rings. The van der Waals surface area contributed by atoms with Gasteiger partial charge in [-0.15, -0.1) is 0 Å². The van der Waals surface area contributed by atoms with Crippen molar-refractivity contribution in [3.63, 3.8) is 0 Å². The number of hydrogen-bond acceptors (Lipinski definition) is 3. The van der Waals surface area contributed by atoms with Crippen LogP contribution in [0.5, 0.6) is 0 Å². The number of pyridine rings is 1. The fourth-order valence-electron chi connectivity index (χ4n) is 9.07. The molecule has 1 aliphatic carbocycles. The normalized spacial score (nSPS) is 12.7. The van der Waals surface area contributed by atoms with Gasteiger partial charge in [-0.1, -0.05) is 196 Å². The second-order valence-corrected chi connectivity index (χ2v) is 16.0. The van der Waals surface area contributed by atoms with E-state index in [9.17, 15) is 0 Å². The maximum Gasteiger partial charge on any atom is 0.160 e. The summed E-state index contributed by atoms with van der Waals surface area (Å²) >= 11 is 0. The first-order valence-electron chi connectivity index (χ1n) is 20.3. The van der Waals surface area contributed by atoms with Crippen LogP contribution < -0.4 is 0 Å². The van der Waals surface area contributed by atoms with E-state index in [2.05, 4.69) is 196 Å². The van der Waals surface area contributed by atoms with Gasteiger partial charge in [0.2, 0.25) is 0 Å². The van der Waals surface area contributed by atoms with E-state index in [1.807, 2.05) is 18.2 Å². The fraction of sp³-hybridized carbons (Fsp3) is 0.0536. The van der Waals surface area contributed by atoms with Crippen LogP contribution >= 0.6 is 0 Å². The predicted molar refractivity (Wildman–Crippen MR) is 245 cm³/mol.